The zero-order valence-corrected chi connectivity index (χ0v) is 23.2. The van der Waals surface area contributed by atoms with Gasteiger partial charge < -0.3 is 29.4 Å². The molecule has 220 valence electrons. The van der Waals surface area contributed by atoms with Gasteiger partial charge in [0, 0.05) is 23.3 Å². The Kier molecular flexibility index (Phi) is 8.78. The zero-order chi connectivity index (χ0) is 30.5. The first kappa shape index (κ1) is 30.0. The molecule has 0 bridgehead atoms. The third-order valence-corrected chi connectivity index (χ3v) is 6.80. The fourth-order valence-electron chi connectivity index (χ4n) is 4.27. The number of aromatic nitrogens is 1. The van der Waals surface area contributed by atoms with Crippen molar-refractivity contribution in [2.24, 2.45) is 5.73 Å². The molecule has 0 unspecified atom stereocenters. The van der Waals surface area contributed by atoms with Crippen LogP contribution < -0.4 is 29.4 Å². The van der Waals surface area contributed by atoms with Crippen LogP contribution in [0.4, 0.5) is 10.1 Å². The van der Waals surface area contributed by atoms with E-state index in [1.54, 1.807) is 62.9 Å². The highest BCUT2D eigenvalue weighted by Gasteiger charge is 2.51. The van der Waals surface area contributed by atoms with E-state index in [4.69, 9.17) is 23.6 Å². The molecule has 0 aliphatic heterocycles. The van der Waals surface area contributed by atoms with Crippen molar-refractivity contribution in [2.75, 3.05) is 19.5 Å². The minimum absolute atomic E-state index is 0.250. The number of rotatable bonds is 9. The van der Waals surface area contributed by atoms with Crippen molar-refractivity contribution in [3.8, 4) is 28.7 Å². The number of hydrogen-bond donors (Lipinski definition) is 3. The first-order valence-corrected chi connectivity index (χ1v) is 13.6. The van der Waals surface area contributed by atoms with Crippen molar-refractivity contribution in [3.05, 3.63) is 78.2 Å². The van der Waals surface area contributed by atoms with Crippen LogP contribution in [0.2, 0.25) is 0 Å². The molecule has 0 radical (unpaired) electrons. The predicted octanol–water partition coefficient (Wildman–Crippen LogP) is 4.14. The molecule has 0 spiro atoms. The van der Waals surface area contributed by atoms with Crippen molar-refractivity contribution >= 4 is 39.3 Å². The standard InChI is InChI=1S/C27H23FN2O8S.CH3NO/c1-35-24-14-19-21(15-25(24)36-2)29-12-9-22(19)37-18-6-4-17(5-7-18)30-26(31)27(10-11-27)16-3-8-20(28)23(13-16)38-39(32,33)34;2-1-3/h3-9,12-15H,10-11H2,1-2H3,(H,30,31)(H,32,33,34);1H,(H2,2,3). The molecule has 12 nitrogen and oxygen atoms in total. The van der Waals surface area contributed by atoms with Crippen LogP contribution in [0.3, 0.4) is 0 Å². The summed E-state index contributed by atoms with van der Waals surface area (Å²) in [5, 5.41) is 3.56. The minimum atomic E-state index is -4.92. The van der Waals surface area contributed by atoms with E-state index in [9.17, 15) is 17.6 Å². The Balaban J connectivity index is 0.00000129. The van der Waals surface area contributed by atoms with E-state index in [-0.39, 0.29) is 12.3 Å². The van der Waals surface area contributed by atoms with Crippen LogP contribution in [0.1, 0.15) is 18.4 Å². The molecule has 2 amide bonds. The number of carbonyl (C=O) groups excluding carboxylic acids is 2. The number of anilines is 1. The van der Waals surface area contributed by atoms with Crippen molar-refractivity contribution in [2.45, 2.75) is 18.3 Å². The predicted molar refractivity (Wildman–Crippen MR) is 150 cm³/mol. The summed E-state index contributed by atoms with van der Waals surface area (Å²) < 4.78 is 66.0. The number of nitrogens with one attached hydrogen (secondary N) is 1. The van der Waals surface area contributed by atoms with Gasteiger partial charge in [0.15, 0.2) is 23.1 Å². The number of amides is 2. The summed E-state index contributed by atoms with van der Waals surface area (Å²) >= 11 is 0. The summed E-state index contributed by atoms with van der Waals surface area (Å²) in [7, 11) is -1.83. The topological polar surface area (TPSA) is 176 Å². The van der Waals surface area contributed by atoms with Crippen molar-refractivity contribution in [1.29, 1.82) is 0 Å². The summed E-state index contributed by atoms with van der Waals surface area (Å²) in [4.78, 5) is 26.1. The molecule has 1 saturated carbocycles. The lowest BCUT2D eigenvalue weighted by Crippen LogP contribution is -2.28. The maximum Gasteiger partial charge on any atom is 0.446 e. The van der Waals surface area contributed by atoms with Crippen molar-refractivity contribution in [3.63, 3.8) is 0 Å². The van der Waals surface area contributed by atoms with E-state index in [1.165, 1.54) is 6.07 Å². The second-order valence-electron chi connectivity index (χ2n) is 8.99. The van der Waals surface area contributed by atoms with E-state index >= 15 is 0 Å². The molecule has 1 aromatic heterocycles. The van der Waals surface area contributed by atoms with Gasteiger partial charge in [0.05, 0.1) is 25.2 Å². The number of pyridine rings is 1. The molecule has 4 aromatic rings. The number of benzene rings is 3. The first-order valence-electron chi connectivity index (χ1n) is 12.3. The molecule has 1 fully saturated rings. The number of nitrogens with two attached hydrogens (primary N) is 1. The van der Waals surface area contributed by atoms with Crippen molar-refractivity contribution < 1.29 is 45.3 Å². The number of ether oxygens (including phenoxy) is 3. The SMILES string of the molecule is COc1cc2nccc(Oc3ccc(NC(=O)C4(c5ccc(F)c(OS(=O)(=O)O)c5)CC4)cc3)c2cc1OC.NC=O. The van der Waals surface area contributed by atoms with Gasteiger partial charge in [0.2, 0.25) is 12.3 Å². The number of methoxy groups -OCH3 is 2. The number of primary amides is 1. The molecular weight excluding hydrogens is 573 g/mol. The number of nitrogens with zero attached hydrogens (tertiary/aromatic N) is 1. The Labute approximate surface area is 240 Å². The summed E-state index contributed by atoms with van der Waals surface area (Å²) in [5.41, 5.74) is 4.73. The van der Waals surface area contributed by atoms with Gasteiger partial charge in [-0.1, -0.05) is 6.07 Å². The van der Waals surface area contributed by atoms with E-state index in [0.29, 0.717) is 52.6 Å². The highest BCUT2D eigenvalue weighted by atomic mass is 32.3. The highest BCUT2D eigenvalue weighted by molar-refractivity contribution is 7.81. The van der Waals surface area contributed by atoms with Crippen LogP contribution in [-0.2, 0) is 25.4 Å². The molecule has 1 heterocycles. The van der Waals surface area contributed by atoms with Crippen LogP contribution >= 0.6 is 0 Å². The maximum atomic E-state index is 14.0. The van der Waals surface area contributed by atoms with Gasteiger partial charge in [0.25, 0.3) is 0 Å². The zero-order valence-electron chi connectivity index (χ0n) is 22.4. The Morgan fingerprint density at radius 1 is 1.00 bits per heavy atom. The number of carbonyl (C=O) groups is 2. The third-order valence-electron chi connectivity index (χ3n) is 6.41. The molecule has 1 aliphatic rings. The van der Waals surface area contributed by atoms with E-state index < -0.39 is 27.4 Å². The van der Waals surface area contributed by atoms with Gasteiger partial charge in [-0.25, -0.2) is 4.39 Å². The second kappa shape index (κ2) is 12.3. The van der Waals surface area contributed by atoms with Crippen LogP contribution in [0, 0.1) is 5.82 Å². The van der Waals surface area contributed by atoms with E-state index in [0.717, 1.165) is 17.5 Å². The molecule has 0 saturated heterocycles. The normalized spacial score (nSPS) is 13.2. The van der Waals surface area contributed by atoms with Gasteiger partial charge >= 0.3 is 10.4 Å². The minimum Gasteiger partial charge on any atom is -0.493 e. The maximum absolute atomic E-state index is 14.0. The van der Waals surface area contributed by atoms with Crippen molar-refractivity contribution in [1.82, 2.24) is 4.98 Å². The first-order chi connectivity index (χ1) is 20.0. The number of hydrogen-bond acceptors (Lipinski definition) is 9. The van der Waals surface area contributed by atoms with E-state index in [2.05, 4.69) is 20.2 Å². The molecule has 0 atom stereocenters. The summed E-state index contributed by atoms with van der Waals surface area (Å²) in [6.45, 7) is 0. The average Bonchev–Trinajstić information content (AvgIpc) is 3.77. The molecule has 42 heavy (non-hydrogen) atoms. The third kappa shape index (κ3) is 6.67. The van der Waals surface area contributed by atoms with Crippen LogP contribution in [0.15, 0.2) is 66.9 Å². The lowest BCUT2D eigenvalue weighted by molar-refractivity contribution is -0.118. The molecule has 14 heteroatoms. The number of halogens is 1. The van der Waals surface area contributed by atoms with Gasteiger partial charge in [0.1, 0.15) is 11.5 Å². The highest BCUT2D eigenvalue weighted by Crippen LogP contribution is 2.50. The summed E-state index contributed by atoms with van der Waals surface area (Å²) in [5.74, 6) is 0.134. The van der Waals surface area contributed by atoms with Gasteiger partial charge in [-0.3, -0.25) is 19.1 Å². The average molecular weight is 600 g/mol. The smallest absolute Gasteiger partial charge is 0.446 e. The molecule has 3 aromatic carbocycles. The monoisotopic (exact) mass is 599 g/mol. The Hall–Kier alpha value is -4.95. The van der Waals surface area contributed by atoms with Gasteiger partial charge in [-0.05, 0) is 66.9 Å². The van der Waals surface area contributed by atoms with Gasteiger partial charge in [-0.15, -0.1) is 0 Å². The second-order valence-corrected chi connectivity index (χ2v) is 10.0. The Bertz CT molecular complexity index is 1730. The van der Waals surface area contributed by atoms with E-state index in [1.807, 2.05) is 0 Å². The molecule has 5 rings (SSSR count). The molecule has 4 N–H and O–H groups in total. The quantitative estimate of drug-likeness (QED) is 0.187. The Morgan fingerprint density at radius 3 is 2.24 bits per heavy atom. The summed E-state index contributed by atoms with van der Waals surface area (Å²) in [6.07, 6.45) is 2.82. The largest absolute Gasteiger partial charge is 0.493 e. The van der Waals surface area contributed by atoms with Crippen LogP contribution in [-0.4, -0.2) is 44.5 Å². The molecular formula is C28H26FN3O9S. The number of fused-ring (bicyclic) bond motifs is 1. The molecule has 1 aliphatic carbocycles. The summed E-state index contributed by atoms with van der Waals surface area (Å²) in [6, 6.07) is 15.5. The van der Waals surface area contributed by atoms with Crippen LogP contribution in [0.5, 0.6) is 28.7 Å². The van der Waals surface area contributed by atoms with Gasteiger partial charge in [-0.2, -0.15) is 8.42 Å². The van der Waals surface area contributed by atoms with Crippen LogP contribution in [0.25, 0.3) is 10.9 Å². The lowest BCUT2D eigenvalue weighted by atomic mass is 9.94. The fraction of sp³-hybridized carbons (Fsp3) is 0.179. The Morgan fingerprint density at radius 2 is 1.64 bits per heavy atom. The lowest BCUT2D eigenvalue weighted by Gasteiger charge is -2.17. The fourth-order valence-corrected chi connectivity index (χ4v) is 4.63.